The van der Waals surface area contributed by atoms with Crippen LogP contribution in [0.2, 0.25) is 0 Å². The van der Waals surface area contributed by atoms with Crippen LogP contribution in [0, 0.1) is 0 Å². The molecule has 56 valence electrons. The maximum absolute atomic E-state index is 4.95. The van der Waals surface area contributed by atoms with E-state index in [-0.39, 0.29) is 0 Å². The van der Waals surface area contributed by atoms with Gasteiger partial charge in [0.1, 0.15) is 5.82 Å². The molecule has 0 unspecified atom stereocenters. The van der Waals surface area contributed by atoms with Crippen molar-refractivity contribution >= 4 is 0 Å². The minimum atomic E-state index is 0.694. The average Bonchev–Trinajstić information content (AvgIpc) is 2.30. The maximum atomic E-state index is 4.95. The number of hydrogen-bond acceptors (Lipinski definition) is 2. The van der Waals surface area contributed by atoms with E-state index in [9.17, 15) is 0 Å². The van der Waals surface area contributed by atoms with Crippen LogP contribution in [0.4, 0.5) is 0 Å². The monoisotopic (exact) mass is 140 g/mol. The molecule has 0 saturated heterocycles. The topological polar surface area (TPSA) is 27.1 Å². The molecule has 0 aliphatic rings. The third kappa shape index (κ3) is 1.12. The second-order valence-electron chi connectivity index (χ2n) is 2.16. The van der Waals surface area contributed by atoms with Gasteiger partial charge >= 0.3 is 0 Å². The molecule has 1 aromatic heterocycles. The predicted molar refractivity (Wildman–Crippen MR) is 39.1 cm³/mol. The first-order valence-corrected chi connectivity index (χ1v) is 3.34. The third-order valence-electron chi connectivity index (χ3n) is 1.48. The molecule has 1 aromatic rings. The van der Waals surface area contributed by atoms with Crippen molar-refractivity contribution in [1.29, 1.82) is 0 Å². The molecule has 1 heterocycles. The van der Waals surface area contributed by atoms with Gasteiger partial charge in [-0.3, -0.25) is 0 Å². The Morgan fingerprint density at radius 1 is 1.70 bits per heavy atom. The predicted octanol–water partition coefficient (Wildman–Crippen LogP) is 0.991. The van der Waals surface area contributed by atoms with E-state index in [2.05, 4.69) is 11.9 Å². The van der Waals surface area contributed by atoms with E-state index in [0.717, 1.165) is 12.2 Å². The van der Waals surface area contributed by atoms with Crippen LogP contribution in [0.3, 0.4) is 0 Å². The Hall–Kier alpha value is -0.990. The Kier molecular flexibility index (Phi) is 1.94. The second-order valence-corrected chi connectivity index (χ2v) is 2.16. The quantitative estimate of drug-likeness (QED) is 0.612. The third-order valence-corrected chi connectivity index (χ3v) is 1.48. The lowest BCUT2D eigenvalue weighted by atomic mass is 10.5. The summed E-state index contributed by atoms with van der Waals surface area (Å²) in [7, 11) is 3.59. The van der Waals surface area contributed by atoms with Crippen molar-refractivity contribution < 1.29 is 4.74 Å². The van der Waals surface area contributed by atoms with Gasteiger partial charge in [0, 0.05) is 13.5 Å². The molecule has 0 radical (unpaired) electrons. The number of ether oxygens (including phenoxy) is 1. The zero-order valence-electron chi connectivity index (χ0n) is 6.59. The van der Waals surface area contributed by atoms with E-state index in [4.69, 9.17) is 4.74 Å². The molecular formula is C7H12N2O. The number of rotatable bonds is 2. The van der Waals surface area contributed by atoms with Crippen LogP contribution in [0.25, 0.3) is 0 Å². The van der Waals surface area contributed by atoms with E-state index in [0.29, 0.717) is 5.88 Å². The van der Waals surface area contributed by atoms with Gasteiger partial charge in [0.05, 0.1) is 13.3 Å². The number of hydrogen-bond donors (Lipinski definition) is 0. The number of aryl methyl sites for hydroxylation is 2. The first-order valence-electron chi connectivity index (χ1n) is 3.34. The van der Waals surface area contributed by atoms with Crippen molar-refractivity contribution in [3.8, 4) is 5.88 Å². The molecule has 3 heteroatoms. The van der Waals surface area contributed by atoms with Crippen molar-refractivity contribution in [3.63, 3.8) is 0 Å². The SMILES string of the molecule is CCc1nc(OC)cn1C. The molecule has 0 aliphatic heterocycles. The van der Waals surface area contributed by atoms with Gasteiger partial charge in [-0.25, -0.2) is 0 Å². The minimum Gasteiger partial charge on any atom is -0.480 e. The van der Waals surface area contributed by atoms with E-state index < -0.39 is 0 Å². The fourth-order valence-electron chi connectivity index (χ4n) is 0.902. The highest BCUT2D eigenvalue weighted by Gasteiger charge is 2.00. The summed E-state index contributed by atoms with van der Waals surface area (Å²) in [5, 5.41) is 0. The highest BCUT2D eigenvalue weighted by molar-refractivity contribution is 5.08. The highest BCUT2D eigenvalue weighted by atomic mass is 16.5. The van der Waals surface area contributed by atoms with E-state index in [1.165, 1.54) is 0 Å². The van der Waals surface area contributed by atoms with Crippen LogP contribution in [-0.4, -0.2) is 16.7 Å². The first-order chi connectivity index (χ1) is 4.77. The molecule has 0 aliphatic carbocycles. The van der Waals surface area contributed by atoms with Crippen LogP contribution < -0.4 is 4.74 Å². The van der Waals surface area contributed by atoms with Crippen molar-refractivity contribution in [3.05, 3.63) is 12.0 Å². The van der Waals surface area contributed by atoms with Gasteiger partial charge < -0.3 is 9.30 Å². The van der Waals surface area contributed by atoms with E-state index in [1.807, 2.05) is 17.8 Å². The summed E-state index contributed by atoms with van der Waals surface area (Å²) in [4.78, 5) is 4.19. The lowest BCUT2D eigenvalue weighted by molar-refractivity contribution is 0.399. The summed E-state index contributed by atoms with van der Waals surface area (Å²) in [6.07, 6.45) is 2.82. The highest BCUT2D eigenvalue weighted by Crippen LogP contribution is 2.08. The molecule has 0 aromatic carbocycles. The largest absolute Gasteiger partial charge is 0.480 e. The fraction of sp³-hybridized carbons (Fsp3) is 0.571. The van der Waals surface area contributed by atoms with Crippen LogP contribution in [-0.2, 0) is 13.5 Å². The molecular weight excluding hydrogens is 128 g/mol. The van der Waals surface area contributed by atoms with Crippen LogP contribution in [0.1, 0.15) is 12.7 Å². The lowest BCUT2D eigenvalue weighted by Crippen LogP contribution is -1.93. The molecule has 0 fully saturated rings. The average molecular weight is 140 g/mol. The number of imidazole rings is 1. The molecule has 0 amide bonds. The molecule has 0 spiro atoms. The molecule has 10 heavy (non-hydrogen) atoms. The Bertz CT molecular complexity index is 217. The Morgan fingerprint density at radius 3 is 2.70 bits per heavy atom. The number of methoxy groups -OCH3 is 1. The molecule has 0 N–H and O–H groups in total. The van der Waals surface area contributed by atoms with Crippen LogP contribution in [0.5, 0.6) is 5.88 Å². The van der Waals surface area contributed by atoms with Crippen LogP contribution in [0.15, 0.2) is 6.20 Å². The lowest BCUT2D eigenvalue weighted by Gasteiger charge is -1.92. The maximum Gasteiger partial charge on any atom is 0.231 e. The summed E-state index contributed by atoms with van der Waals surface area (Å²) in [5.41, 5.74) is 0. The van der Waals surface area contributed by atoms with Gasteiger partial charge in [-0.1, -0.05) is 6.92 Å². The summed E-state index contributed by atoms with van der Waals surface area (Å²) >= 11 is 0. The standard InChI is InChI=1S/C7H12N2O/c1-4-6-8-7(10-3)5-9(6)2/h5H,4H2,1-3H3. The smallest absolute Gasteiger partial charge is 0.231 e. The molecule has 3 nitrogen and oxygen atoms in total. The number of aromatic nitrogens is 2. The van der Waals surface area contributed by atoms with Gasteiger partial charge in [0.2, 0.25) is 5.88 Å². The van der Waals surface area contributed by atoms with Crippen molar-refractivity contribution in [2.24, 2.45) is 7.05 Å². The van der Waals surface area contributed by atoms with Gasteiger partial charge in [-0.05, 0) is 0 Å². The summed E-state index contributed by atoms with van der Waals surface area (Å²) in [6, 6.07) is 0. The molecule has 0 bridgehead atoms. The Balaban J connectivity index is 2.92. The van der Waals surface area contributed by atoms with E-state index >= 15 is 0 Å². The molecule has 1 rings (SSSR count). The summed E-state index contributed by atoms with van der Waals surface area (Å²) < 4.78 is 6.92. The summed E-state index contributed by atoms with van der Waals surface area (Å²) in [5.74, 6) is 1.75. The van der Waals surface area contributed by atoms with Gasteiger partial charge in [-0.2, -0.15) is 4.98 Å². The summed E-state index contributed by atoms with van der Waals surface area (Å²) in [6.45, 7) is 2.07. The van der Waals surface area contributed by atoms with Crippen LogP contribution >= 0.6 is 0 Å². The molecule has 0 atom stereocenters. The van der Waals surface area contributed by atoms with Gasteiger partial charge in [-0.15, -0.1) is 0 Å². The van der Waals surface area contributed by atoms with E-state index in [1.54, 1.807) is 7.11 Å². The van der Waals surface area contributed by atoms with Gasteiger partial charge in [0.25, 0.3) is 0 Å². The zero-order chi connectivity index (χ0) is 7.56. The van der Waals surface area contributed by atoms with Crippen molar-refractivity contribution in [2.45, 2.75) is 13.3 Å². The molecule has 0 saturated carbocycles. The Labute approximate surface area is 60.6 Å². The first kappa shape index (κ1) is 7.12. The minimum absolute atomic E-state index is 0.694. The van der Waals surface area contributed by atoms with Gasteiger partial charge in [0.15, 0.2) is 0 Å². The Morgan fingerprint density at radius 2 is 2.40 bits per heavy atom. The zero-order valence-corrected chi connectivity index (χ0v) is 6.59. The number of nitrogens with zero attached hydrogens (tertiary/aromatic N) is 2. The van der Waals surface area contributed by atoms with Crippen molar-refractivity contribution in [2.75, 3.05) is 7.11 Å². The normalized spacial score (nSPS) is 9.90. The second kappa shape index (κ2) is 2.73. The van der Waals surface area contributed by atoms with Crippen molar-refractivity contribution in [1.82, 2.24) is 9.55 Å². The fourth-order valence-corrected chi connectivity index (χ4v) is 0.902.